The number of nitro benzene ring substituents is 1. The second-order valence-electron chi connectivity index (χ2n) is 3.69. The molecule has 3 nitrogen and oxygen atoms in total. The Kier molecular flexibility index (Phi) is 3.54. The van der Waals surface area contributed by atoms with E-state index in [4.69, 9.17) is 0 Å². The standard InChI is InChI=1S/C13H10BrNO2/c14-12-7-5-10(6-8-12)9-11-3-1-2-4-13(11)15(16)17/h1-8H,9H2. The molecule has 0 aromatic heterocycles. The quantitative estimate of drug-likeness (QED) is 0.635. The lowest BCUT2D eigenvalue weighted by Crippen LogP contribution is -1.96. The Bertz CT molecular complexity index is 537. The van der Waals surface area contributed by atoms with Gasteiger partial charge in [-0.25, -0.2) is 0 Å². The maximum absolute atomic E-state index is 10.9. The first-order valence-electron chi connectivity index (χ1n) is 5.13. The van der Waals surface area contributed by atoms with Crippen molar-refractivity contribution in [1.29, 1.82) is 0 Å². The Balaban J connectivity index is 2.30. The van der Waals surface area contributed by atoms with Crippen LogP contribution >= 0.6 is 15.9 Å². The first-order chi connectivity index (χ1) is 8.16. The predicted octanol–water partition coefficient (Wildman–Crippen LogP) is 3.95. The Morgan fingerprint density at radius 1 is 1.06 bits per heavy atom. The molecule has 2 aromatic carbocycles. The highest BCUT2D eigenvalue weighted by Crippen LogP contribution is 2.21. The van der Waals surface area contributed by atoms with E-state index in [1.807, 2.05) is 30.3 Å². The number of para-hydroxylation sites is 1. The minimum atomic E-state index is -0.339. The van der Waals surface area contributed by atoms with Gasteiger partial charge in [-0.1, -0.05) is 46.3 Å². The van der Waals surface area contributed by atoms with E-state index in [1.54, 1.807) is 12.1 Å². The zero-order valence-electron chi connectivity index (χ0n) is 8.97. The summed E-state index contributed by atoms with van der Waals surface area (Å²) in [7, 11) is 0. The van der Waals surface area contributed by atoms with Crippen molar-refractivity contribution >= 4 is 21.6 Å². The lowest BCUT2D eigenvalue weighted by atomic mass is 10.0. The highest BCUT2D eigenvalue weighted by atomic mass is 79.9. The van der Waals surface area contributed by atoms with Crippen LogP contribution in [0.1, 0.15) is 11.1 Å². The molecular formula is C13H10BrNO2. The normalized spacial score (nSPS) is 10.2. The van der Waals surface area contributed by atoms with Crippen molar-refractivity contribution in [2.24, 2.45) is 0 Å². The number of nitrogens with zero attached hydrogens (tertiary/aromatic N) is 1. The van der Waals surface area contributed by atoms with Crippen LogP contribution in [0.25, 0.3) is 0 Å². The first-order valence-corrected chi connectivity index (χ1v) is 5.93. The Morgan fingerprint density at radius 2 is 1.71 bits per heavy atom. The number of benzene rings is 2. The van der Waals surface area contributed by atoms with Gasteiger partial charge in [-0.05, 0) is 17.7 Å². The molecule has 0 aliphatic heterocycles. The number of halogens is 1. The van der Waals surface area contributed by atoms with Gasteiger partial charge in [0, 0.05) is 22.5 Å². The Hall–Kier alpha value is -1.68. The summed E-state index contributed by atoms with van der Waals surface area (Å²) in [5, 5.41) is 10.9. The maximum atomic E-state index is 10.9. The molecule has 0 atom stereocenters. The zero-order chi connectivity index (χ0) is 12.3. The third-order valence-corrected chi connectivity index (χ3v) is 3.02. The lowest BCUT2D eigenvalue weighted by molar-refractivity contribution is -0.385. The molecule has 0 N–H and O–H groups in total. The lowest BCUT2D eigenvalue weighted by Gasteiger charge is -2.03. The fourth-order valence-corrected chi connectivity index (χ4v) is 1.92. The van der Waals surface area contributed by atoms with Crippen LogP contribution in [0.3, 0.4) is 0 Å². The van der Waals surface area contributed by atoms with Gasteiger partial charge in [0.1, 0.15) is 0 Å². The Morgan fingerprint density at radius 3 is 2.35 bits per heavy atom. The molecule has 4 heteroatoms. The van der Waals surface area contributed by atoms with Gasteiger partial charge in [0.25, 0.3) is 5.69 Å². The van der Waals surface area contributed by atoms with Crippen molar-refractivity contribution < 1.29 is 4.92 Å². The second kappa shape index (κ2) is 5.10. The van der Waals surface area contributed by atoms with E-state index in [1.165, 1.54) is 6.07 Å². The van der Waals surface area contributed by atoms with Crippen LogP contribution in [-0.4, -0.2) is 4.92 Å². The van der Waals surface area contributed by atoms with Crippen LogP contribution in [0.5, 0.6) is 0 Å². The first kappa shape index (κ1) is 11.8. The van der Waals surface area contributed by atoms with Crippen molar-refractivity contribution in [3.8, 4) is 0 Å². The van der Waals surface area contributed by atoms with Gasteiger partial charge < -0.3 is 0 Å². The molecule has 86 valence electrons. The van der Waals surface area contributed by atoms with Gasteiger partial charge in [-0.2, -0.15) is 0 Å². The number of nitro groups is 1. The van der Waals surface area contributed by atoms with Crippen molar-refractivity contribution in [3.63, 3.8) is 0 Å². The molecule has 0 saturated carbocycles. The van der Waals surface area contributed by atoms with Gasteiger partial charge >= 0.3 is 0 Å². The summed E-state index contributed by atoms with van der Waals surface area (Å²) in [4.78, 5) is 10.5. The molecule has 0 heterocycles. The van der Waals surface area contributed by atoms with Crippen LogP contribution in [0, 0.1) is 10.1 Å². The van der Waals surface area contributed by atoms with E-state index < -0.39 is 0 Å². The smallest absolute Gasteiger partial charge is 0.258 e. The van der Waals surface area contributed by atoms with Crippen LogP contribution < -0.4 is 0 Å². The molecule has 0 fully saturated rings. The molecule has 0 saturated heterocycles. The highest BCUT2D eigenvalue weighted by Gasteiger charge is 2.12. The predicted molar refractivity (Wildman–Crippen MR) is 70.0 cm³/mol. The van der Waals surface area contributed by atoms with Gasteiger partial charge in [0.15, 0.2) is 0 Å². The largest absolute Gasteiger partial charge is 0.272 e. The van der Waals surface area contributed by atoms with Crippen molar-refractivity contribution in [2.75, 3.05) is 0 Å². The molecule has 2 rings (SSSR count). The topological polar surface area (TPSA) is 43.1 Å². The molecule has 0 unspecified atom stereocenters. The molecule has 0 aliphatic rings. The maximum Gasteiger partial charge on any atom is 0.272 e. The third kappa shape index (κ3) is 2.91. The summed E-state index contributed by atoms with van der Waals surface area (Å²) in [5.74, 6) is 0. The summed E-state index contributed by atoms with van der Waals surface area (Å²) >= 11 is 3.36. The average molecular weight is 292 g/mol. The van der Waals surface area contributed by atoms with Gasteiger partial charge in [-0.3, -0.25) is 10.1 Å². The average Bonchev–Trinajstić information content (AvgIpc) is 2.32. The summed E-state index contributed by atoms with van der Waals surface area (Å²) in [5.41, 5.74) is 1.97. The SMILES string of the molecule is O=[N+]([O-])c1ccccc1Cc1ccc(Br)cc1. The van der Waals surface area contributed by atoms with Crippen LogP contribution in [0.2, 0.25) is 0 Å². The molecule has 0 bridgehead atoms. The highest BCUT2D eigenvalue weighted by molar-refractivity contribution is 9.10. The second-order valence-corrected chi connectivity index (χ2v) is 4.60. The Labute approximate surface area is 107 Å². The van der Waals surface area contributed by atoms with Crippen molar-refractivity contribution in [3.05, 3.63) is 74.2 Å². The fourth-order valence-electron chi connectivity index (χ4n) is 1.66. The van der Waals surface area contributed by atoms with E-state index in [2.05, 4.69) is 15.9 Å². The van der Waals surface area contributed by atoms with Gasteiger partial charge in [0.2, 0.25) is 0 Å². The molecule has 0 amide bonds. The molecule has 2 aromatic rings. The van der Waals surface area contributed by atoms with E-state index in [0.717, 1.165) is 15.6 Å². The van der Waals surface area contributed by atoms with Crippen molar-refractivity contribution in [2.45, 2.75) is 6.42 Å². The van der Waals surface area contributed by atoms with E-state index >= 15 is 0 Å². The third-order valence-electron chi connectivity index (χ3n) is 2.50. The summed E-state index contributed by atoms with van der Waals surface area (Å²) < 4.78 is 1.00. The van der Waals surface area contributed by atoms with E-state index in [-0.39, 0.29) is 10.6 Å². The minimum absolute atomic E-state index is 0.176. The number of hydrogen-bond acceptors (Lipinski definition) is 2. The summed E-state index contributed by atoms with van der Waals surface area (Å²) in [6.45, 7) is 0. The molecule has 0 radical (unpaired) electrons. The fraction of sp³-hybridized carbons (Fsp3) is 0.0769. The van der Waals surface area contributed by atoms with Crippen LogP contribution in [-0.2, 0) is 6.42 Å². The molecular weight excluding hydrogens is 282 g/mol. The number of rotatable bonds is 3. The summed E-state index contributed by atoms with van der Waals surface area (Å²) in [6, 6.07) is 14.6. The molecule has 0 spiro atoms. The van der Waals surface area contributed by atoms with Crippen molar-refractivity contribution in [1.82, 2.24) is 0 Å². The van der Waals surface area contributed by atoms with Crippen LogP contribution in [0.15, 0.2) is 53.0 Å². The minimum Gasteiger partial charge on any atom is -0.258 e. The van der Waals surface area contributed by atoms with Gasteiger partial charge in [0.05, 0.1) is 4.92 Å². The van der Waals surface area contributed by atoms with Crippen LogP contribution in [0.4, 0.5) is 5.69 Å². The monoisotopic (exact) mass is 291 g/mol. The van der Waals surface area contributed by atoms with E-state index in [9.17, 15) is 10.1 Å². The summed E-state index contributed by atoms with van der Waals surface area (Å²) in [6.07, 6.45) is 0.574. The number of hydrogen-bond donors (Lipinski definition) is 0. The zero-order valence-corrected chi connectivity index (χ0v) is 10.6. The molecule has 17 heavy (non-hydrogen) atoms. The van der Waals surface area contributed by atoms with E-state index in [0.29, 0.717) is 6.42 Å². The molecule has 0 aliphatic carbocycles. The van der Waals surface area contributed by atoms with Gasteiger partial charge in [-0.15, -0.1) is 0 Å².